The van der Waals surface area contributed by atoms with Gasteiger partial charge < -0.3 is 9.52 Å². The van der Waals surface area contributed by atoms with Crippen LogP contribution < -0.4 is 5.63 Å². The van der Waals surface area contributed by atoms with Crippen LogP contribution in [0.5, 0.6) is 0 Å². The molecule has 0 unspecified atom stereocenters. The summed E-state index contributed by atoms with van der Waals surface area (Å²) in [6.07, 6.45) is 3.24. The Balaban J connectivity index is 1.89. The number of fused-ring (bicyclic) bond motifs is 2. The molecule has 0 radical (unpaired) electrons. The van der Waals surface area contributed by atoms with E-state index in [1.54, 1.807) is 12.1 Å². The van der Waals surface area contributed by atoms with E-state index in [0.29, 0.717) is 11.1 Å². The second-order valence-electron chi connectivity index (χ2n) is 6.59. The predicted molar refractivity (Wildman–Crippen MR) is 99.5 cm³/mol. The lowest BCUT2D eigenvalue weighted by molar-refractivity contribution is 0.118. The average molecular weight is 343 g/mol. The summed E-state index contributed by atoms with van der Waals surface area (Å²) in [4.78, 5) is 12.3. The van der Waals surface area contributed by atoms with Crippen molar-refractivity contribution < 1.29 is 9.52 Å². The van der Waals surface area contributed by atoms with Crippen LogP contribution in [0.4, 0.5) is 0 Å². The molecule has 0 saturated carbocycles. The maximum atomic E-state index is 12.3. The molecule has 0 bridgehead atoms. The van der Waals surface area contributed by atoms with E-state index in [0.717, 1.165) is 16.5 Å². The summed E-state index contributed by atoms with van der Waals surface area (Å²) in [5, 5.41) is 21.2. The molecule has 3 atom stereocenters. The van der Waals surface area contributed by atoms with Crippen LogP contribution in [0.2, 0.25) is 0 Å². The van der Waals surface area contributed by atoms with Crippen molar-refractivity contribution in [3.8, 4) is 6.07 Å². The van der Waals surface area contributed by atoms with Gasteiger partial charge in [0.15, 0.2) is 0 Å². The molecule has 1 aromatic heterocycles. The van der Waals surface area contributed by atoms with E-state index in [1.165, 1.54) is 0 Å². The number of aliphatic hydroxyl groups excluding tert-OH is 1. The van der Waals surface area contributed by atoms with Gasteiger partial charge in [0, 0.05) is 11.3 Å². The fraction of sp³-hybridized carbons (Fsp3) is 0.182. The van der Waals surface area contributed by atoms with Crippen LogP contribution in [-0.4, -0.2) is 5.11 Å². The standard InChI is InChI=1S/C22H17NO3/c1-13(15-11-10-14-6-2-3-7-16(14)21(15)24)20-17-8-4-5-9-19(17)26-22(25)18(20)12-23/h2-11,13,15,21,24H,1H3/t13-,15+,21+/m1/s1. The number of benzene rings is 2. The number of nitrogens with zero attached hydrogens (tertiary/aromatic N) is 1. The molecule has 26 heavy (non-hydrogen) atoms. The highest BCUT2D eigenvalue weighted by molar-refractivity contribution is 5.83. The van der Waals surface area contributed by atoms with Gasteiger partial charge in [0.2, 0.25) is 0 Å². The molecule has 1 N–H and O–H groups in total. The first-order valence-corrected chi connectivity index (χ1v) is 8.53. The summed E-state index contributed by atoms with van der Waals surface area (Å²) in [5.74, 6) is -0.486. The number of hydrogen-bond donors (Lipinski definition) is 1. The van der Waals surface area contributed by atoms with E-state index in [2.05, 4.69) is 0 Å². The van der Waals surface area contributed by atoms with Crippen molar-refractivity contribution in [3.63, 3.8) is 0 Å². The van der Waals surface area contributed by atoms with Gasteiger partial charge in [-0.1, -0.05) is 61.5 Å². The van der Waals surface area contributed by atoms with Crippen molar-refractivity contribution in [2.24, 2.45) is 5.92 Å². The molecule has 0 spiro atoms. The first-order valence-electron chi connectivity index (χ1n) is 8.53. The van der Waals surface area contributed by atoms with Gasteiger partial charge in [0.25, 0.3) is 0 Å². The lowest BCUT2D eigenvalue weighted by Gasteiger charge is -2.31. The maximum Gasteiger partial charge on any atom is 0.354 e. The van der Waals surface area contributed by atoms with Gasteiger partial charge in [-0.25, -0.2) is 4.79 Å². The fourth-order valence-electron chi connectivity index (χ4n) is 3.84. The molecular weight excluding hydrogens is 326 g/mol. The Morgan fingerprint density at radius 1 is 1.15 bits per heavy atom. The molecule has 0 aliphatic heterocycles. The number of para-hydroxylation sites is 1. The molecule has 128 valence electrons. The molecule has 0 fully saturated rings. The molecule has 3 aromatic rings. The highest BCUT2D eigenvalue weighted by Gasteiger charge is 2.32. The van der Waals surface area contributed by atoms with Crippen LogP contribution in [0.15, 0.2) is 63.8 Å². The third-order valence-electron chi connectivity index (χ3n) is 5.18. The molecule has 4 rings (SSSR count). The van der Waals surface area contributed by atoms with Crippen LogP contribution in [0.25, 0.3) is 17.0 Å². The highest BCUT2D eigenvalue weighted by Crippen LogP contribution is 2.42. The van der Waals surface area contributed by atoms with Gasteiger partial charge >= 0.3 is 5.63 Å². The van der Waals surface area contributed by atoms with Crippen LogP contribution in [0, 0.1) is 17.2 Å². The molecular formula is C22H17NO3. The molecule has 1 aliphatic rings. The van der Waals surface area contributed by atoms with Crippen LogP contribution in [0.1, 0.15) is 41.2 Å². The monoisotopic (exact) mass is 343 g/mol. The van der Waals surface area contributed by atoms with Crippen molar-refractivity contribution in [2.45, 2.75) is 18.9 Å². The van der Waals surface area contributed by atoms with Gasteiger partial charge in [-0.2, -0.15) is 5.26 Å². The summed E-state index contributed by atoms with van der Waals surface area (Å²) in [5.41, 5.74) is 2.30. The average Bonchev–Trinajstić information content (AvgIpc) is 2.67. The van der Waals surface area contributed by atoms with Crippen molar-refractivity contribution in [1.82, 2.24) is 0 Å². The van der Waals surface area contributed by atoms with E-state index in [-0.39, 0.29) is 17.4 Å². The summed E-state index contributed by atoms with van der Waals surface area (Å²) in [6, 6.07) is 16.9. The molecule has 1 aliphatic carbocycles. The summed E-state index contributed by atoms with van der Waals surface area (Å²) in [7, 11) is 0. The number of rotatable bonds is 2. The molecule has 0 saturated heterocycles. The molecule has 0 amide bonds. The molecule has 4 nitrogen and oxygen atoms in total. The van der Waals surface area contributed by atoms with Gasteiger partial charge in [-0.15, -0.1) is 0 Å². The van der Waals surface area contributed by atoms with Crippen molar-refractivity contribution in [1.29, 1.82) is 5.26 Å². The third-order valence-corrected chi connectivity index (χ3v) is 5.18. The second kappa shape index (κ2) is 6.29. The van der Waals surface area contributed by atoms with Crippen molar-refractivity contribution in [2.75, 3.05) is 0 Å². The first-order chi connectivity index (χ1) is 12.6. The van der Waals surface area contributed by atoms with Gasteiger partial charge in [-0.3, -0.25) is 0 Å². The van der Waals surface area contributed by atoms with Crippen LogP contribution in [0.3, 0.4) is 0 Å². The van der Waals surface area contributed by atoms with E-state index in [9.17, 15) is 15.2 Å². The van der Waals surface area contributed by atoms with Crippen molar-refractivity contribution >= 4 is 17.0 Å². The Labute approximate surface area is 150 Å². The zero-order valence-corrected chi connectivity index (χ0v) is 14.2. The summed E-state index contributed by atoms with van der Waals surface area (Å²) < 4.78 is 5.29. The Hall–Kier alpha value is -3.16. The lowest BCUT2D eigenvalue weighted by atomic mass is 9.75. The van der Waals surface area contributed by atoms with Crippen LogP contribution in [-0.2, 0) is 0 Å². The van der Waals surface area contributed by atoms with Crippen molar-refractivity contribution in [3.05, 3.63) is 87.3 Å². The Kier molecular flexibility index (Phi) is 3.95. The zero-order chi connectivity index (χ0) is 18.3. The number of hydrogen-bond acceptors (Lipinski definition) is 4. The Bertz CT molecular complexity index is 1120. The second-order valence-corrected chi connectivity index (χ2v) is 6.59. The fourth-order valence-corrected chi connectivity index (χ4v) is 3.84. The number of nitriles is 1. The largest absolute Gasteiger partial charge is 0.422 e. The van der Waals surface area contributed by atoms with E-state index in [4.69, 9.17) is 4.42 Å². The SMILES string of the molecule is C[C@@H](c1c(C#N)c(=O)oc2ccccc12)[C@@H]1C=Cc2ccccc2[C@H]1O. The smallest absolute Gasteiger partial charge is 0.354 e. The van der Waals surface area contributed by atoms with E-state index in [1.807, 2.05) is 61.5 Å². The Morgan fingerprint density at radius 2 is 1.88 bits per heavy atom. The lowest BCUT2D eigenvalue weighted by Crippen LogP contribution is -2.23. The minimum absolute atomic E-state index is 0.00987. The summed E-state index contributed by atoms with van der Waals surface area (Å²) in [6.45, 7) is 1.94. The Morgan fingerprint density at radius 3 is 2.69 bits per heavy atom. The minimum atomic E-state index is -0.705. The predicted octanol–water partition coefficient (Wildman–Crippen LogP) is 4.14. The number of aliphatic hydroxyl groups is 1. The van der Waals surface area contributed by atoms with Crippen LogP contribution >= 0.6 is 0 Å². The van der Waals surface area contributed by atoms with Gasteiger partial charge in [0.05, 0.1) is 6.10 Å². The van der Waals surface area contributed by atoms with Gasteiger partial charge in [-0.05, 0) is 28.7 Å². The maximum absolute atomic E-state index is 12.3. The topological polar surface area (TPSA) is 74.2 Å². The van der Waals surface area contributed by atoms with E-state index >= 15 is 0 Å². The van der Waals surface area contributed by atoms with E-state index < -0.39 is 11.7 Å². The molecule has 1 heterocycles. The quantitative estimate of drug-likeness (QED) is 0.710. The molecule has 2 aromatic carbocycles. The first kappa shape index (κ1) is 16.3. The zero-order valence-electron chi connectivity index (χ0n) is 14.2. The normalized spacial score (nSPS) is 19.7. The van der Waals surface area contributed by atoms with Gasteiger partial charge in [0.1, 0.15) is 17.2 Å². The highest BCUT2D eigenvalue weighted by atomic mass is 16.4. The third kappa shape index (κ3) is 2.45. The molecule has 4 heteroatoms. The summed E-state index contributed by atoms with van der Waals surface area (Å²) >= 11 is 0. The minimum Gasteiger partial charge on any atom is -0.422 e.